The Hall–Kier alpha value is -2.15. The van der Waals surface area contributed by atoms with Crippen LogP contribution in [0.5, 0.6) is 0 Å². The highest BCUT2D eigenvalue weighted by molar-refractivity contribution is 9.10. The largest absolute Gasteiger partial charge is 0.365 e. The maximum atomic E-state index is 13.4. The second-order valence-corrected chi connectivity index (χ2v) is 8.62. The number of amides is 2. The van der Waals surface area contributed by atoms with Crippen molar-refractivity contribution < 1.29 is 9.90 Å². The topological polar surface area (TPSA) is 43.8 Å². The van der Waals surface area contributed by atoms with Gasteiger partial charge in [0.05, 0.1) is 6.54 Å². The molecule has 1 heterocycles. The fraction of sp³-hybridized carbons (Fsp3) is 0.136. The third-order valence-corrected chi connectivity index (χ3v) is 6.03. The van der Waals surface area contributed by atoms with E-state index in [2.05, 4.69) is 31.9 Å². The fourth-order valence-corrected chi connectivity index (χ4v) is 4.13. The molecule has 1 N–H and O–H groups in total. The van der Waals surface area contributed by atoms with Gasteiger partial charge in [0.25, 0.3) is 0 Å². The zero-order chi connectivity index (χ0) is 19.9. The van der Waals surface area contributed by atoms with E-state index in [4.69, 9.17) is 0 Å². The van der Waals surface area contributed by atoms with E-state index >= 15 is 0 Å². The van der Waals surface area contributed by atoms with Crippen molar-refractivity contribution in [2.75, 3.05) is 16.3 Å². The number of carbonyl (C=O) groups excluding carboxylic acids is 1. The SMILES string of the molecule is Cc1ccccc1C1(O)CN(c2ccc(Br)cc2)C(=O)N1c1ccc(Br)cc1. The lowest BCUT2D eigenvalue weighted by Crippen LogP contribution is -2.45. The summed E-state index contributed by atoms with van der Waals surface area (Å²) in [6, 6.07) is 22.3. The summed E-state index contributed by atoms with van der Waals surface area (Å²) < 4.78 is 1.84. The molecule has 1 saturated heterocycles. The Kier molecular flexibility index (Phi) is 5.04. The van der Waals surface area contributed by atoms with Gasteiger partial charge in [-0.05, 0) is 61.0 Å². The van der Waals surface area contributed by atoms with Crippen LogP contribution >= 0.6 is 31.9 Å². The molecule has 0 radical (unpaired) electrons. The third kappa shape index (κ3) is 3.26. The lowest BCUT2D eigenvalue weighted by Gasteiger charge is -2.33. The fourth-order valence-electron chi connectivity index (χ4n) is 3.60. The lowest BCUT2D eigenvalue weighted by atomic mass is 9.96. The number of nitrogens with zero attached hydrogens (tertiary/aromatic N) is 2. The molecule has 4 nitrogen and oxygen atoms in total. The zero-order valence-electron chi connectivity index (χ0n) is 15.1. The number of carbonyl (C=O) groups is 1. The highest BCUT2D eigenvalue weighted by Gasteiger charge is 2.51. The van der Waals surface area contributed by atoms with E-state index in [0.717, 1.165) is 20.2 Å². The van der Waals surface area contributed by atoms with E-state index in [-0.39, 0.29) is 12.6 Å². The van der Waals surface area contributed by atoms with Gasteiger partial charge < -0.3 is 5.11 Å². The molecule has 4 rings (SSSR count). The smallest absolute Gasteiger partial charge is 0.331 e. The number of urea groups is 1. The highest BCUT2D eigenvalue weighted by atomic mass is 79.9. The summed E-state index contributed by atoms with van der Waals surface area (Å²) in [5, 5.41) is 11.8. The molecular weight excluding hydrogens is 484 g/mol. The van der Waals surface area contributed by atoms with Gasteiger partial charge in [-0.15, -0.1) is 0 Å². The molecular formula is C22H18Br2N2O2. The summed E-state index contributed by atoms with van der Waals surface area (Å²) in [6.45, 7) is 2.08. The summed E-state index contributed by atoms with van der Waals surface area (Å²) in [4.78, 5) is 16.5. The summed E-state index contributed by atoms with van der Waals surface area (Å²) in [5.41, 5.74) is 1.53. The molecule has 1 aliphatic rings. The predicted molar refractivity (Wildman–Crippen MR) is 119 cm³/mol. The molecule has 0 saturated carbocycles. The second-order valence-electron chi connectivity index (χ2n) is 6.79. The Labute approximate surface area is 180 Å². The second kappa shape index (κ2) is 7.35. The molecule has 6 heteroatoms. The molecule has 0 bridgehead atoms. The van der Waals surface area contributed by atoms with Crippen LogP contribution in [0.25, 0.3) is 0 Å². The number of aryl methyl sites for hydroxylation is 1. The maximum absolute atomic E-state index is 13.4. The monoisotopic (exact) mass is 500 g/mol. The first-order valence-electron chi connectivity index (χ1n) is 8.81. The van der Waals surface area contributed by atoms with Crippen molar-refractivity contribution in [2.24, 2.45) is 0 Å². The van der Waals surface area contributed by atoms with Crippen LogP contribution in [0.15, 0.2) is 81.7 Å². The van der Waals surface area contributed by atoms with Gasteiger partial charge in [0.1, 0.15) is 0 Å². The summed E-state index contributed by atoms with van der Waals surface area (Å²) in [7, 11) is 0. The molecule has 1 aliphatic heterocycles. The summed E-state index contributed by atoms with van der Waals surface area (Å²) in [5.74, 6) is 0. The maximum Gasteiger partial charge on any atom is 0.331 e. The predicted octanol–water partition coefficient (Wildman–Crippen LogP) is 5.81. The number of halogens is 2. The average molecular weight is 502 g/mol. The number of hydrogen-bond acceptors (Lipinski definition) is 2. The minimum atomic E-state index is -1.48. The number of hydrogen-bond donors (Lipinski definition) is 1. The third-order valence-electron chi connectivity index (χ3n) is 4.97. The van der Waals surface area contributed by atoms with Crippen LogP contribution in [0.4, 0.5) is 16.2 Å². The van der Waals surface area contributed by atoms with Gasteiger partial charge >= 0.3 is 6.03 Å². The van der Waals surface area contributed by atoms with Gasteiger partial charge in [-0.2, -0.15) is 0 Å². The number of anilines is 2. The molecule has 1 unspecified atom stereocenters. The van der Waals surface area contributed by atoms with Crippen molar-refractivity contribution in [1.29, 1.82) is 0 Å². The number of rotatable bonds is 3. The van der Waals surface area contributed by atoms with E-state index in [1.54, 1.807) is 4.90 Å². The highest BCUT2D eigenvalue weighted by Crippen LogP contribution is 2.41. The first-order chi connectivity index (χ1) is 13.4. The van der Waals surface area contributed by atoms with E-state index in [1.165, 1.54) is 4.90 Å². The molecule has 1 fully saturated rings. The van der Waals surface area contributed by atoms with Gasteiger partial charge in [0, 0.05) is 25.9 Å². The molecule has 0 aromatic heterocycles. The molecule has 28 heavy (non-hydrogen) atoms. The van der Waals surface area contributed by atoms with Crippen LogP contribution in [-0.2, 0) is 5.72 Å². The van der Waals surface area contributed by atoms with Crippen molar-refractivity contribution in [3.05, 3.63) is 92.9 Å². The van der Waals surface area contributed by atoms with E-state index in [0.29, 0.717) is 11.3 Å². The Bertz CT molecular complexity index is 1020. The average Bonchev–Trinajstić information content (AvgIpc) is 2.95. The van der Waals surface area contributed by atoms with Gasteiger partial charge in [-0.1, -0.05) is 56.1 Å². The Morgan fingerprint density at radius 1 is 0.857 bits per heavy atom. The van der Waals surface area contributed by atoms with Crippen molar-refractivity contribution >= 4 is 49.3 Å². The van der Waals surface area contributed by atoms with Crippen LogP contribution in [0.3, 0.4) is 0 Å². The Morgan fingerprint density at radius 3 is 1.96 bits per heavy atom. The zero-order valence-corrected chi connectivity index (χ0v) is 18.3. The standard InChI is InChI=1S/C22H18Br2N2O2/c1-15-4-2-3-5-20(15)22(28)14-25(18-10-6-16(23)7-11-18)21(27)26(22)19-12-8-17(24)9-13-19/h2-13,28H,14H2,1H3. The van der Waals surface area contributed by atoms with Gasteiger partial charge in [-0.3, -0.25) is 9.80 Å². The molecule has 142 valence electrons. The van der Waals surface area contributed by atoms with Crippen LogP contribution < -0.4 is 9.80 Å². The van der Waals surface area contributed by atoms with Crippen molar-refractivity contribution in [3.63, 3.8) is 0 Å². The Balaban J connectivity index is 1.86. The first-order valence-corrected chi connectivity index (χ1v) is 10.4. The molecule has 0 aliphatic carbocycles. The van der Waals surface area contributed by atoms with E-state index in [1.807, 2.05) is 79.7 Å². The molecule has 3 aromatic carbocycles. The first kappa shape index (κ1) is 19.2. The normalized spacial score (nSPS) is 19.4. The van der Waals surface area contributed by atoms with Gasteiger partial charge in [0.2, 0.25) is 0 Å². The minimum absolute atomic E-state index is 0.133. The lowest BCUT2D eigenvalue weighted by molar-refractivity contribution is 0.0649. The minimum Gasteiger partial charge on any atom is -0.365 e. The van der Waals surface area contributed by atoms with Crippen molar-refractivity contribution in [1.82, 2.24) is 0 Å². The quantitative estimate of drug-likeness (QED) is 0.492. The summed E-state index contributed by atoms with van der Waals surface area (Å²) in [6.07, 6.45) is 0. The van der Waals surface area contributed by atoms with Gasteiger partial charge in [0.15, 0.2) is 5.72 Å². The van der Waals surface area contributed by atoms with E-state index < -0.39 is 5.72 Å². The van der Waals surface area contributed by atoms with Crippen LogP contribution in [0.2, 0.25) is 0 Å². The number of benzene rings is 3. The molecule has 0 spiro atoms. The number of aliphatic hydroxyl groups is 1. The summed E-state index contributed by atoms with van der Waals surface area (Å²) >= 11 is 6.85. The Morgan fingerprint density at radius 2 is 1.39 bits per heavy atom. The van der Waals surface area contributed by atoms with Gasteiger partial charge in [-0.25, -0.2) is 4.79 Å². The van der Waals surface area contributed by atoms with E-state index in [9.17, 15) is 9.90 Å². The van der Waals surface area contributed by atoms with Crippen LogP contribution in [0, 0.1) is 6.92 Å². The van der Waals surface area contributed by atoms with Crippen LogP contribution in [-0.4, -0.2) is 17.7 Å². The molecule has 3 aromatic rings. The van der Waals surface area contributed by atoms with Crippen molar-refractivity contribution in [2.45, 2.75) is 12.6 Å². The number of β-amino-alcohol motifs (C(OH)–C–C–N with tert-alkyl or cyclic N) is 1. The molecule has 2 amide bonds. The van der Waals surface area contributed by atoms with Crippen molar-refractivity contribution in [3.8, 4) is 0 Å². The molecule has 1 atom stereocenters. The van der Waals surface area contributed by atoms with Crippen LogP contribution in [0.1, 0.15) is 11.1 Å².